The molecule has 1 aromatic heterocycles. The maximum absolute atomic E-state index is 4.56. The van der Waals surface area contributed by atoms with Gasteiger partial charge in [-0.05, 0) is 37.6 Å². The molecule has 0 aliphatic rings. The molecule has 3 aromatic rings. The third-order valence-electron chi connectivity index (χ3n) is 3.21. The fourth-order valence-electron chi connectivity index (χ4n) is 2.33. The Morgan fingerprint density at radius 1 is 1.22 bits per heavy atom. The van der Waals surface area contributed by atoms with Gasteiger partial charge in [0.2, 0.25) is 0 Å². The molecule has 1 radical (unpaired) electrons. The molecule has 0 aliphatic heterocycles. The Hall–Kier alpha value is -2.09. The summed E-state index contributed by atoms with van der Waals surface area (Å²) in [5, 5.41) is 0. The molecule has 1 heterocycles. The van der Waals surface area contributed by atoms with Gasteiger partial charge in [0.1, 0.15) is 5.82 Å². The van der Waals surface area contributed by atoms with E-state index in [9.17, 15) is 0 Å². The van der Waals surface area contributed by atoms with Crippen LogP contribution in [-0.2, 0) is 6.54 Å². The van der Waals surface area contributed by atoms with E-state index in [0.29, 0.717) is 0 Å². The van der Waals surface area contributed by atoms with Crippen LogP contribution in [0.1, 0.15) is 17.0 Å². The largest absolute Gasteiger partial charge is 0.324 e. The monoisotopic (exact) mass is 235 g/mol. The zero-order valence-corrected chi connectivity index (χ0v) is 10.6. The van der Waals surface area contributed by atoms with E-state index in [1.165, 1.54) is 16.6 Å². The molecule has 0 N–H and O–H groups in total. The number of hydrogen-bond acceptors (Lipinski definition) is 1. The van der Waals surface area contributed by atoms with Gasteiger partial charge in [-0.3, -0.25) is 0 Å². The summed E-state index contributed by atoms with van der Waals surface area (Å²) in [6.45, 7) is 5.04. The van der Waals surface area contributed by atoms with Gasteiger partial charge in [-0.15, -0.1) is 0 Å². The highest BCUT2D eigenvalue weighted by Gasteiger charge is 2.06. The Bertz CT molecular complexity index is 695. The first kappa shape index (κ1) is 11.0. The Kier molecular flexibility index (Phi) is 2.63. The second-order valence-electron chi connectivity index (χ2n) is 4.65. The number of benzene rings is 2. The van der Waals surface area contributed by atoms with Crippen molar-refractivity contribution < 1.29 is 0 Å². The van der Waals surface area contributed by atoms with Gasteiger partial charge in [0.15, 0.2) is 0 Å². The van der Waals surface area contributed by atoms with Gasteiger partial charge in [0.25, 0.3) is 0 Å². The van der Waals surface area contributed by atoms with Crippen LogP contribution in [0.4, 0.5) is 0 Å². The van der Waals surface area contributed by atoms with Gasteiger partial charge < -0.3 is 4.57 Å². The number of aromatic nitrogens is 2. The lowest BCUT2D eigenvalue weighted by molar-refractivity contribution is 0.785. The summed E-state index contributed by atoms with van der Waals surface area (Å²) in [5.74, 6) is 1.05. The Morgan fingerprint density at radius 3 is 2.94 bits per heavy atom. The Labute approximate surface area is 107 Å². The highest BCUT2D eigenvalue weighted by Crippen LogP contribution is 2.17. The van der Waals surface area contributed by atoms with Crippen LogP contribution < -0.4 is 0 Å². The second kappa shape index (κ2) is 4.30. The van der Waals surface area contributed by atoms with Crippen molar-refractivity contribution in [3.05, 3.63) is 65.5 Å². The molecule has 18 heavy (non-hydrogen) atoms. The third kappa shape index (κ3) is 1.90. The zero-order valence-electron chi connectivity index (χ0n) is 10.6. The van der Waals surface area contributed by atoms with Crippen LogP contribution in [0.3, 0.4) is 0 Å². The molecule has 0 bridgehead atoms. The molecule has 2 nitrogen and oxygen atoms in total. The molecular formula is C16H15N2. The van der Waals surface area contributed by atoms with E-state index in [1.807, 2.05) is 12.1 Å². The molecule has 0 aliphatic carbocycles. The number of hydrogen-bond donors (Lipinski definition) is 0. The van der Waals surface area contributed by atoms with Crippen LogP contribution in [0.2, 0.25) is 0 Å². The van der Waals surface area contributed by atoms with Crippen LogP contribution in [0, 0.1) is 19.9 Å². The topological polar surface area (TPSA) is 17.8 Å². The lowest BCUT2D eigenvalue weighted by Gasteiger charge is -2.07. The van der Waals surface area contributed by atoms with Crippen molar-refractivity contribution >= 4 is 11.0 Å². The van der Waals surface area contributed by atoms with E-state index in [0.717, 1.165) is 17.9 Å². The highest BCUT2D eigenvalue weighted by atomic mass is 15.1. The number of imidazole rings is 1. The molecule has 0 atom stereocenters. The summed E-state index contributed by atoms with van der Waals surface area (Å²) < 4.78 is 2.25. The molecule has 2 heteroatoms. The first-order valence-corrected chi connectivity index (χ1v) is 6.12. The summed E-state index contributed by atoms with van der Waals surface area (Å²) in [6, 6.07) is 17.6. The predicted octanol–water partition coefficient (Wildman–Crippen LogP) is 3.50. The number of aryl methyl sites for hydroxylation is 2. The fraction of sp³-hybridized carbons (Fsp3) is 0.188. The molecule has 0 saturated carbocycles. The number of rotatable bonds is 2. The Balaban J connectivity index is 2.07. The van der Waals surface area contributed by atoms with E-state index >= 15 is 0 Å². The average Bonchev–Trinajstić information content (AvgIpc) is 2.66. The average molecular weight is 235 g/mol. The summed E-state index contributed by atoms with van der Waals surface area (Å²) in [7, 11) is 0. The van der Waals surface area contributed by atoms with Crippen LogP contribution >= 0.6 is 0 Å². The van der Waals surface area contributed by atoms with E-state index in [1.54, 1.807) is 0 Å². The first-order valence-electron chi connectivity index (χ1n) is 6.12. The maximum Gasteiger partial charge on any atom is 0.107 e. The van der Waals surface area contributed by atoms with E-state index in [2.05, 4.69) is 59.8 Å². The van der Waals surface area contributed by atoms with Crippen LogP contribution in [-0.4, -0.2) is 9.55 Å². The molecule has 0 amide bonds. The molecule has 2 aromatic carbocycles. The smallest absolute Gasteiger partial charge is 0.107 e. The molecule has 0 saturated heterocycles. The summed E-state index contributed by atoms with van der Waals surface area (Å²) >= 11 is 0. The molecular weight excluding hydrogens is 220 g/mol. The van der Waals surface area contributed by atoms with Crippen LogP contribution in [0.25, 0.3) is 11.0 Å². The molecule has 0 spiro atoms. The van der Waals surface area contributed by atoms with E-state index in [-0.39, 0.29) is 0 Å². The minimum Gasteiger partial charge on any atom is -0.324 e. The first-order chi connectivity index (χ1) is 8.74. The quantitative estimate of drug-likeness (QED) is 0.664. The summed E-state index contributed by atoms with van der Waals surface area (Å²) in [6.07, 6.45) is 0. The molecule has 0 fully saturated rings. The van der Waals surface area contributed by atoms with Gasteiger partial charge >= 0.3 is 0 Å². The summed E-state index contributed by atoms with van der Waals surface area (Å²) in [4.78, 5) is 4.56. The van der Waals surface area contributed by atoms with Crippen molar-refractivity contribution in [2.45, 2.75) is 20.4 Å². The standard InChI is InChI=1S/C16H15N2/c1-12-6-5-7-14(10-12)11-18-13(2)17-15-8-3-4-9-16(15)18/h4-10H,11H2,1-2H3. The normalized spacial score (nSPS) is 11.0. The fourth-order valence-corrected chi connectivity index (χ4v) is 2.33. The molecule has 3 rings (SSSR count). The van der Waals surface area contributed by atoms with Gasteiger partial charge in [0.05, 0.1) is 11.0 Å². The highest BCUT2D eigenvalue weighted by molar-refractivity contribution is 5.75. The zero-order chi connectivity index (χ0) is 12.5. The van der Waals surface area contributed by atoms with Crippen LogP contribution in [0.15, 0.2) is 42.5 Å². The van der Waals surface area contributed by atoms with Crippen molar-refractivity contribution in [3.63, 3.8) is 0 Å². The number of nitrogens with zero attached hydrogens (tertiary/aromatic N) is 2. The van der Waals surface area contributed by atoms with Gasteiger partial charge in [-0.2, -0.15) is 0 Å². The molecule has 0 unspecified atom stereocenters. The van der Waals surface area contributed by atoms with Crippen molar-refractivity contribution in [3.8, 4) is 0 Å². The molecule has 89 valence electrons. The second-order valence-corrected chi connectivity index (χ2v) is 4.65. The van der Waals surface area contributed by atoms with E-state index in [4.69, 9.17) is 0 Å². The van der Waals surface area contributed by atoms with E-state index < -0.39 is 0 Å². The van der Waals surface area contributed by atoms with Crippen molar-refractivity contribution in [2.75, 3.05) is 0 Å². The van der Waals surface area contributed by atoms with Crippen molar-refractivity contribution in [2.24, 2.45) is 0 Å². The van der Waals surface area contributed by atoms with Crippen molar-refractivity contribution in [1.82, 2.24) is 9.55 Å². The maximum atomic E-state index is 4.56. The summed E-state index contributed by atoms with van der Waals surface area (Å²) in [5.41, 5.74) is 4.79. The van der Waals surface area contributed by atoms with Crippen LogP contribution in [0.5, 0.6) is 0 Å². The van der Waals surface area contributed by atoms with Gasteiger partial charge in [-0.1, -0.05) is 35.9 Å². The van der Waals surface area contributed by atoms with Crippen molar-refractivity contribution in [1.29, 1.82) is 0 Å². The van der Waals surface area contributed by atoms with Gasteiger partial charge in [-0.25, -0.2) is 4.98 Å². The lowest BCUT2D eigenvalue weighted by atomic mass is 10.1. The predicted molar refractivity (Wildman–Crippen MR) is 73.6 cm³/mol. The number of fused-ring (bicyclic) bond motifs is 1. The minimum atomic E-state index is 0.869. The van der Waals surface area contributed by atoms with Gasteiger partial charge in [0, 0.05) is 6.54 Å². The Morgan fingerprint density at radius 2 is 2.11 bits per heavy atom. The third-order valence-corrected chi connectivity index (χ3v) is 3.21. The SMILES string of the molecule is Cc1cccc(Cn2c(C)nc3c[c]ccc32)c1. The lowest BCUT2D eigenvalue weighted by Crippen LogP contribution is -2.02. The minimum absolute atomic E-state index is 0.869.